The van der Waals surface area contributed by atoms with Crippen molar-refractivity contribution in [2.75, 3.05) is 6.54 Å². The summed E-state index contributed by atoms with van der Waals surface area (Å²) in [6.45, 7) is 10.8. The van der Waals surface area contributed by atoms with Crippen LogP contribution in [0.3, 0.4) is 0 Å². The molecule has 0 radical (unpaired) electrons. The lowest BCUT2D eigenvalue weighted by atomic mass is 9.70. The maximum Gasteiger partial charge on any atom is 0.311 e. The van der Waals surface area contributed by atoms with Gasteiger partial charge < -0.3 is 10.4 Å². The number of carbonyl (C=O) groups is 2. The van der Waals surface area contributed by atoms with Gasteiger partial charge in [0.15, 0.2) is 0 Å². The van der Waals surface area contributed by atoms with Crippen molar-refractivity contribution in [1.82, 2.24) is 5.32 Å². The minimum atomic E-state index is -0.765. The van der Waals surface area contributed by atoms with Gasteiger partial charge in [-0.3, -0.25) is 9.59 Å². The van der Waals surface area contributed by atoms with E-state index in [1.807, 2.05) is 0 Å². The molecule has 4 heteroatoms. The predicted octanol–water partition coefficient (Wildman–Crippen LogP) is 3.46. The van der Waals surface area contributed by atoms with E-state index in [1.54, 1.807) is 0 Å². The van der Waals surface area contributed by atoms with Crippen LogP contribution in [0.2, 0.25) is 0 Å². The lowest BCUT2D eigenvalue weighted by molar-refractivity contribution is -0.151. The van der Waals surface area contributed by atoms with E-state index in [2.05, 4.69) is 39.9 Å². The van der Waals surface area contributed by atoms with Crippen molar-refractivity contribution in [3.05, 3.63) is 0 Å². The van der Waals surface area contributed by atoms with Crippen LogP contribution in [-0.4, -0.2) is 23.5 Å². The highest BCUT2D eigenvalue weighted by Gasteiger charge is 2.41. The predicted molar refractivity (Wildman–Crippen MR) is 83.9 cm³/mol. The second-order valence-corrected chi connectivity index (χ2v) is 8.02. The maximum absolute atomic E-state index is 12.1. The van der Waals surface area contributed by atoms with Crippen LogP contribution in [0.25, 0.3) is 0 Å². The second kappa shape index (κ2) is 6.80. The first kappa shape index (κ1) is 18.0. The van der Waals surface area contributed by atoms with Crippen molar-refractivity contribution >= 4 is 11.9 Å². The Balaban J connectivity index is 2.55. The fourth-order valence-electron chi connectivity index (χ4n) is 2.71. The summed E-state index contributed by atoms with van der Waals surface area (Å²) < 4.78 is 0. The molecule has 0 aromatic heterocycles. The highest BCUT2D eigenvalue weighted by molar-refractivity contribution is 5.79. The van der Waals surface area contributed by atoms with Crippen LogP contribution in [0.1, 0.15) is 66.7 Å². The van der Waals surface area contributed by atoms with Crippen LogP contribution < -0.4 is 5.32 Å². The fraction of sp³-hybridized carbons (Fsp3) is 0.882. The number of amides is 1. The zero-order valence-electron chi connectivity index (χ0n) is 14.2. The normalized spacial score (nSPS) is 28.0. The van der Waals surface area contributed by atoms with Gasteiger partial charge >= 0.3 is 5.97 Å². The molecule has 2 N–H and O–H groups in total. The van der Waals surface area contributed by atoms with E-state index in [-0.39, 0.29) is 23.8 Å². The van der Waals surface area contributed by atoms with Crippen LogP contribution in [0.5, 0.6) is 0 Å². The molecular formula is C17H31NO3. The molecule has 1 atom stereocenters. The standard InChI is InChI=1S/C17H31NO3/c1-12-6-8-17(9-7-12,15(20)21)11-18-14(19)10-13(2)16(3,4)5/h12-13H,6-11H2,1-5H3,(H,18,19)(H,20,21). The summed E-state index contributed by atoms with van der Waals surface area (Å²) in [5.74, 6) is 0.0639. The van der Waals surface area contributed by atoms with Gasteiger partial charge in [0.05, 0.1) is 5.41 Å². The molecule has 0 bridgehead atoms. The average molecular weight is 297 g/mol. The van der Waals surface area contributed by atoms with Crippen LogP contribution in [0.15, 0.2) is 0 Å². The summed E-state index contributed by atoms with van der Waals surface area (Å²) in [4.78, 5) is 23.7. The number of hydrogen-bond donors (Lipinski definition) is 2. The molecule has 1 aliphatic carbocycles. The largest absolute Gasteiger partial charge is 0.481 e. The topological polar surface area (TPSA) is 66.4 Å². The van der Waals surface area contributed by atoms with Gasteiger partial charge in [0.2, 0.25) is 5.91 Å². The maximum atomic E-state index is 12.1. The lowest BCUT2D eigenvalue weighted by Crippen LogP contribution is -2.45. The number of aliphatic carboxylic acids is 1. The molecule has 21 heavy (non-hydrogen) atoms. The highest BCUT2D eigenvalue weighted by Crippen LogP contribution is 2.38. The van der Waals surface area contributed by atoms with Crippen molar-refractivity contribution < 1.29 is 14.7 Å². The molecule has 1 saturated carbocycles. The number of rotatable bonds is 5. The zero-order chi connectivity index (χ0) is 16.3. The van der Waals surface area contributed by atoms with E-state index in [1.165, 1.54) is 0 Å². The molecule has 1 unspecified atom stereocenters. The van der Waals surface area contributed by atoms with Gasteiger partial charge in [-0.05, 0) is 42.9 Å². The molecule has 4 nitrogen and oxygen atoms in total. The summed E-state index contributed by atoms with van der Waals surface area (Å²) in [5.41, 5.74) is -0.671. The van der Waals surface area contributed by atoms with Crippen molar-refractivity contribution in [2.45, 2.75) is 66.7 Å². The summed E-state index contributed by atoms with van der Waals surface area (Å²) in [6, 6.07) is 0. The van der Waals surface area contributed by atoms with Crippen molar-refractivity contribution in [2.24, 2.45) is 22.7 Å². The first-order valence-electron chi connectivity index (χ1n) is 8.07. The van der Waals surface area contributed by atoms with Crippen LogP contribution in [0.4, 0.5) is 0 Å². The van der Waals surface area contributed by atoms with Gasteiger partial charge in [0, 0.05) is 13.0 Å². The summed E-state index contributed by atoms with van der Waals surface area (Å²) in [5, 5.41) is 12.4. The average Bonchev–Trinajstić information content (AvgIpc) is 2.37. The van der Waals surface area contributed by atoms with Crippen LogP contribution in [-0.2, 0) is 9.59 Å². The summed E-state index contributed by atoms with van der Waals surface area (Å²) in [7, 11) is 0. The molecule has 1 fully saturated rings. The van der Waals surface area contributed by atoms with Gasteiger partial charge in [-0.1, -0.05) is 34.6 Å². The summed E-state index contributed by atoms with van der Waals surface area (Å²) in [6.07, 6.45) is 3.65. The molecule has 0 aromatic carbocycles. The van der Waals surface area contributed by atoms with E-state index in [0.29, 0.717) is 25.2 Å². The third kappa shape index (κ3) is 5.01. The number of nitrogens with one attached hydrogen (secondary N) is 1. The van der Waals surface area contributed by atoms with E-state index >= 15 is 0 Å². The second-order valence-electron chi connectivity index (χ2n) is 8.02. The Kier molecular flexibility index (Phi) is 5.83. The van der Waals surface area contributed by atoms with Gasteiger partial charge in [0.25, 0.3) is 0 Å². The molecule has 122 valence electrons. The molecule has 1 amide bonds. The SMILES string of the molecule is CC1CCC(CNC(=O)CC(C)C(C)(C)C)(C(=O)O)CC1. The first-order valence-corrected chi connectivity index (χ1v) is 8.07. The Morgan fingerprint density at radius 3 is 2.24 bits per heavy atom. The Hall–Kier alpha value is -1.06. The number of carboxylic acids is 1. The molecule has 0 saturated heterocycles. The van der Waals surface area contributed by atoms with E-state index in [4.69, 9.17) is 0 Å². The molecule has 1 aliphatic rings. The first-order chi connectivity index (χ1) is 9.57. The molecule has 0 aliphatic heterocycles. The lowest BCUT2D eigenvalue weighted by Gasteiger charge is -2.36. The minimum Gasteiger partial charge on any atom is -0.481 e. The monoisotopic (exact) mass is 297 g/mol. The highest BCUT2D eigenvalue weighted by atomic mass is 16.4. The van der Waals surface area contributed by atoms with Gasteiger partial charge in [-0.25, -0.2) is 0 Å². The number of carboxylic acid groups (broad SMARTS) is 1. The number of hydrogen-bond acceptors (Lipinski definition) is 2. The molecule has 1 rings (SSSR count). The third-order valence-electron chi connectivity index (χ3n) is 5.28. The molecule has 0 spiro atoms. The minimum absolute atomic E-state index is 0.0309. The number of carbonyl (C=O) groups excluding carboxylic acids is 1. The van der Waals surface area contributed by atoms with Crippen molar-refractivity contribution in [3.8, 4) is 0 Å². The van der Waals surface area contributed by atoms with Crippen molar-refractivity contribution in [3.63, 3.8) is 0 Å². The van der Waals surface area contributed by atoms with E-state index < -0.39 is 11.4 Å². The van der Waals surface area contributed by atoms with Crippen LogP contribution >= 0.6 is 0 Å². The van der Waals surface area contributed by atoms with Crippen molar-refractivity contribution in [1.29, 1.82) is 0 Å². The Morgan fingerprint density at radius 2 is 1.81 bits per heavy atom. The third-order valence-corrected chi connectivity index (χ3v) is 5.28. The van der Waals surface area contributed by atoms with Gasteiger partial charge in [-0.2, -0.15) is 0 Å². The molecule has 0 aromatic rings. The Bertz CT molecular complexity index is 376. The van der Waals surface area contributed by atoms with E-state index in [9.17, 15) is 14.7 Å². The smallest absolute Gasteiger partial charge is 0.311 e. The van der Waals surface area contributed by atoms with Crippen LogP contribution in [0, 0.1) is 22.7 Å². The summed E-state index contributed by atoms with van der Waals surface area (Å²) >= 11 is 0. The Morgan fingerprint density at radius 1 is 1.29 bits per heavy atom. The van der Waals surface area contributed by atoms with Gasteiger partial charge in [0.1, 0.15) is 0 Å². The zero-order valence-corrected chi connectivity index (χ0v) is 14.2. The van der Waals surface area contributed by atoms with E-state index in [0.717, 1.165) is 12.8 Å². The Labute approximate surface area is 128 Å². The van der Waals surface area contributed by atoms with Gasteiger partial charge in [-0.15, -0.1) is 0 Å². The molecule has 0 heterocycles. The quantitative estimate of drug-likeness (QED) is 0.816. The fourth-order valence-corrected chi connectivity index (χ4v) is 2.71. The molecular weight excluding hydrogens is 266 g/mol.